The number of aromatic hydroxyl groups is 1. The van der Waals surface area contributed by atoms with Crippen molar-refractivity contribution in [2.24, 2.45) is 16.1 Å². The van der Waals surface area contributed by atoms with Crippen LogP contribution in [0.25, 0.3) is 22.1 Å². The molecule has 5 aromatic rings. The fraction of sp³-hybridized carbons (Fsp3) is 0.324. The van der Waals surface area contributed by atoms with Crippen LogP contribution in [0, 0.1) is 17.2 Å². The van der Waals surface area contributed by atoms with Crippen molar-refractivity contribution in [1.29, 1.82) is 5.26 Å². The van der Waals surface area contributed by atoms with Crippen LogP contribution in [0.4, 0.5) is 11.4 Å². The average molecular weight is 651 g/mol. The summed E-state index contributed by atoms with van der Waals surface area (Å²) in [6.07, 6.45) is 5.98. The molecule has 2 aromatic carbocycles. The summed E-state index contributed by atoms with van der Waals surface area (Å²) in [5.41, 5.74) is 1.15. The van der Waals surface area contributed by atoms with Gasteiger partial charge in [0.1, 0.15) is 45.5 Å². The Kier molecular flexibility index (Phi) is 9.04. The molecule has 14 nitrogen and oxygen atoms in total. The van der Waals surface area contributed by atoms with Crippen LogP contribution >= 0.6 is 0 Å². The highest BCUT2D eigenvalue weighted by Crippen LogP contribution is 2.34. The number of ether oxygens (including phenoxy) is 2. The molecule has 0 saturated carbocycles. The molecule has 1 aliphatic rings. The highest BCUT2D eigenvalue weighted by Gasteiger charge is 2.32. The van der Waals surface area contributed by atoms with E-state index < -0.39 is 17.7 Å². The van der Waals surface area contributed by atoms with Gasteiger partial charge in [-0.2, -0.15) is 10.4 Å². The van der Waals surface area contributed by atoms with Gasteiger partial charge in [-0.25, -0.2) is 19.4 Å². The number of carboxylic acid groups (broad SMARTS) is 1. The number of carbonyl (C=O) groups excluding carboxylic acids is 1. The van der Waals surface area contributed by atoms with Gasteiger partial charge < -0.3 is 29.7 Å². The Labute approximate surface area is 275 Å². The molecule has 1 saturated heterocycles. The van der Waals surface area contributed by atoms with E-state index in [-0.39, 0.29) is 29.4 Å². The maximum absolute atomic E-state index is 12.5. The molecule has 48 heavy (non-hydrogen) atoms. The number of piperidine rings is 1. The molecule has 2 atom stereocenters. The van der Waals surface area contributed by atoms with Crippen molar-refractivity contribution in [2.75, 3.05) is 24.7 Å². The number of para-hydroxylation sites is 1. The lowest BCUT2D eigenvalue weighted by Crippen LogP contribution is -2.43. The summed E-state index contributed by atoms with van der Waals surface area (Å²) in [7, 11) is 0. The van der Waals surface area contributed by atoms with E-state index in [1.807, 2.05) is 19.2 Å². The van der Waals surface area contributed by atoms with Crippen LogP contribution in [0.2, 0.25) is 0 Å². The van der Waals surface area contributed by atoms with Crippen molar-refractivity contribution in [2.45, 2.75) is 44.8 Å². The van der Waals surface area contributed by atoms with Gasteiger partial charge in [0.25, 0.3) is 0 Å². The molecule has 6 rings (SSSR count). The van der Waals surface area contributed by atoms with Crippen molar-refractivity contribution >= 4 is 45.7 Å². The first-order valence-electron chi connectivity index (χ1n) is 15.5. The summed E-state index contributed by atoms with van der Waals surface area (Å²) in [5.74, 6) is -0.418. The maximum atomic E-state index is 12.5. The van der Waals surface area contributed by atoms with E-state index >= 15 is 0 Å². The van der Waals surface area contributed by atoms with Crippen LogP contribution in [0.5, 0.6) is 11.5 Å². The Morgan fingerprint density at radius 2 is 2.02 bits per heavy atom. The van der Waals surface area contributed by atoms with E-state index in [9.17, 15) is 25.1 Å². The topological polar surface area (TPSA) is 191 Å². The van der Waals surface area contributed by atoms with E-state index in [1.165, 1.54) is 18.2 Å². The molecule has 246 valence electrons. The first-order chi connectivity index (χ1) is 23.2. The number of aldehydes is 1. The lowest BCUT2D eigenvalue weighted by Gasteiger charge is -2.35. The molecule has 1 fully saturated rings. The van der Waals surface area contributed by atoms with Crippen LogP contribution in [0.15, 0.2) is 71.2 Å². The normalized spacial score (nSPS) is 15.8. The lowest BCUT2D eigenvalue weighted by atomic mass is 9.95. The zero-order chi connectivity index (χ0) is 33.8. The van der Waals surface area contributed by atoms with Crippen LogP contribution in [-0.4, -0.2) is 67.4 Å². The molecule has 0 bridgehead atoms. The van der Waals surface area contributed by atoms with Gasteiger partial charge in [-0.15, -0.1) is 5.11 Å². The fourth-order valence-electron chi connectivity index (χ4n) is 5.77. The van der Waals surface area contributed by atoms with E-state index in [4.69, 9.17) is 14.5 Å². The number of hydrogen-bond donors (Lipinski definition) is 3. The number of azo groups is 1. The van der Waals surface area contributed by atoms with Crippen molar-refractivity contribution in [3.05, 3.63) is 72.3 Å². The molecule has 0 unspecified atom stereocenters. The minimum absolute atomic E-state index is 0.117. The predicted molar refractivity (Wildman–Crippen MR) is 175 cm³/mol. The van der Waals surface area contributed by atoms with Crippen molar-refractivity contribution in [1.82, 2.24) is 19.6 Å². The molecule has 0 radical (unpaired) electrons. The number of aromatic amines is 1. The number of nitriles is 1. The lowest BCUT2D eigenvalue weighted by molar-refractivity contribution is -0.127. The van der Waals surface area contributed by atoms with Gasteiger partial charge >= 0.3 is 5.97 Å². The van der Waals surface area contributed by atoms with Crippen molar-refractivity contribution in [3.63, 3.8) is 0 Å². The smallest absolute Gasteiger partial charge is 0.339 e. The van der Waals surface area contributed by atoms with Crippen LogP contribution in [0.1, 0.15) is 55.4 Å². The standard InChI is InChI=1S/C34H34N8O6/c1-21(32-38-27-18-37-31-24(10-14-36-31)30(27)42(32)41-15-11-22(9-13-35)12-16-41)47-20-34(2,19-43)48-29-6-4-3-5-26(29)40-39-23-7-8-28(44)25(17-23)33(45)46/h3-8,10,14,17-19,21-22,44H,9,11-12,15-16,20H2,1-2H3,(H,36,37)(H,45,46)/t21-,34+/m1/s1. The molecule has 3 N–H and O–H groups in total. The number of benzene rings is 2. The number of aromatic carboxylic acids is 1. The average Bonchev–Trinajstić information content (AvgIpc) is 3.73. The van der Waals surface area contributed by atoms with Gasteiger partial charge in [0.2, 0.25) is 0 Å². The number of carboxylic acids is 1. The quantitative estimate of drug-likeness (QED) is 0.105. The fourth-order valence-corrected chi connectivity index (χ4v) is 5.77. The van der Waals surface area contributed by atoms with Gasteiger partial charge in [0.05, 0.1) is 24.6 Å². The molecule has 14 heteroatoms. The number of aromatic nitrogens is 4. The van der Waals surface area contributed by atoms with Crippen LogP contribution in [0.3, 0.4) is 0 Å². The van der Waals surface area contributed by atoms with Gasteiger partial charge in [0.15, 0.2) is 17.7 Å². The molecule has 4 heterocycles. The third-order valence-electron chi connectivity index (χ3n) is 8.38. The Hall–Kier alpha value is -5.81. The number of H-pyrrole nitrogens is 1. The third-order valence-corrected chi connectivity index (χ3v) is 8.38. The Morgan fingerprint density at radius 3 is 2.77 bits per heavy atom. The second kappa shape index (κ2) is 13.5. The second-order valence-electron chi connectivity index (χ2n) is 11.9. The van der Waals surface area contributed by atoms with Crippen molar-refractivity contribution < 1.29 is 29.3 Å². The first-order valence-corrected chi connectivity index (χ1v) is 15.5. The predicted octanol–water partition coefficient (Wildman–Crippen LogP) is 6.11. The van der Waals surface area contributed by atoms with Gasteiger partial charge in [0, 0.05) is 31.1 Å². The molecular weight excluding hydrogens is 616 g/mol. The Balaban J connectivity index is 1.23. The van der Waals surface area contributed by atoms with Crippen LogP contribution < -0.4 is 9.75 Å². The summed E-state index contributed by atoms with van der Waals surface area (Å²) in [4.78, 5) is 36.5. The molecule has 1 aliphatic heterocycles. The Bertz CT molecular complexity index is 2040. The summed E-state index contributed by atoms with van der Waals surface area (Å²) in [5, 5.41) is 39.8. The number of rotatable bonds is 12. The molecule has 3 aromatic heterocycles. The zero-order valence-electron chi connectivity index (χ0n) is 26.4. The minimum Gasteiger partial charge on any atom is -0.507 e. The number of pyridine rings is 1. The zero-order valence-corrected chi connectivity index (χ0v) is 26.4. The summed E-state index contributed by atoms with van der Waals surface area (Å²) < 4.78 is 14.6. The molecule has 0 amide bonds. The summed E-state index contributed by atoms with van der Waals surface area (Å²) >= 11 is 0. The second-order valence-corrected chi connectivity index (χ2v) is 11.9. The van der Waals surface area contributed by atoms with Crippen LogP contribution in [-0.2, 0) is 9.53 Å². The van der Waals surface area contributed by atoms with E-state index in [1.54, 1.807) is 37.4 Å². The number of hydrogen-bond acceptors (Lipinski definition) is 11. The highest BCUT2D eigenvalue weighted by molar-refractivity contribution is 6.01. The van der Waals surface area contributed by atoms with Gasteiger partial charge in [-0.1, -0.05) is 12.1 Å². The Morgan fingerprint density at radius 1 is 1.23 bits per heavy atom. The number of imidazole rings is 1. The van der Waals surface area contributed by atoms with Gasteiger partial charge in [-0.05, 0) is 69.0 Å². The number of fused-ring (bicyclic) bond motifs is 3. The minimum atomic E-state index is -1.42. The number of nitrogens with one attached hydrogen (secondary N) is 1. The maximum Gasteiger partial charge on any atom is 0.339 e. The number of phenols is 1. The highest BCUT2D eigenvalue weighted by atomic mass is 16.6. The molecule has 0 aliphatic carbocycles. The van der Waals surface area contributed by atoms with Gasteiger partial charge in [-0.3, -0.25) is 4.79 Å². The van der Waals surface area contributed by atoms with E-state index in [2.05, 4.69) is 36.0 Å². The summed E-state index contributed by atoms with van der Waals surface area (Å²) in [6.45, 7) is 4.85. The van der Waals surface area contributed by atoms with E-state index in [0.717, 1.165) is 42.5 Å². The monoisotopic (exact) mass is 650 g/mol. The number of nitrogens with zero attached hydrogens (tertiary/aromatic N) is 7. The SMILES string of the molecule is C[C@@H](OC[C@](C)(C=O)Oc1ccccc1N=Nc1ccc(O)c(C(=O)O)c1)c1nc2cnc3[nH]ccc3c2n1N1CCC(CC#N)CC1. The third kappa shape index (κ3) is 6.53. The summed E-state index contributed by atoms with van der Waals surface area (Å²) in [6, 6.07) is 14.9. The first kappa shape index (κ1) is 32.1. The van der Waals surface area contributed by atoms with E-state index in [0.29, 0.717) is 35.7 Å². The molecule has 0 spiro atoms. The number of carbonyl (C=O) groups is 2. The van der Waals surface area contributed by atoms with Crippen molar-refractivity contribution in [3.8, 4) is 17.6 Å². The molecular formula is C34H34N8O6. The largest absolute Gasteiger partial charge is 0.507 e.